The Labute approximate surface area is 111 Å². The van der Waals surface area contributed by atoms with E-state index in [1.165, 1.54) is 0 Å². The number of carbonyl (C=O) groups excluding carboxylic acids is 2. The summed E-state index contributed by atoms with van der Waals surface area (Å²) in [6.07, 6.45) is 6.26. The van der Waals surface area contributed by atoms with Gasteiger partial charge < -0.3 is 15.4 Å². The van der Waals surface area contributed by atoms with Crippen molar-refractivity contribution < 1.29 is 14.3 Å². The Balaban J connectivity index is 1.95. The van der Waals surface area contributed by atoms with Crippen molar-refractivity contribution in [2.75, 3.05) is 18.5 Å². The second kappa shape index (κ2) is 5.91. The van der Waals surface area contributed by atoms with E-state index in [0.717, 1.165) is 17.7 Å². The van der Waals surface area contributed by atoms with Crippen molar-refractivity contribution in [3.8, 4) is 18.1 Å². The molecule has 1 aromatic rings. The molecule has 0 spiro atoms. The van der Waals surface area contributed by atoms with Gasteiger partial charge in [0, 0.05) is 18.2 Å². The standard InChI is InChI=1S/C14H14N2O3/c1-2-7-15-14(18)9-19-11-5-3-10-4-6-13(17)16-12(10)8-11/h1,3,5,8H,4,6-7,9H2,(H,15,18)(H,16,17). The first-order chi connectivity index (χ1) is 9.19. The molecule has 0 saturated carbocycles. The summed E-state index contributed by atoms with van der Waals surface area (Å²) < 4.78 is 5.33. The van der Waals surface area contributed by atoms with E-state index in [1.807, 2.05) is 6.07 Å². The van der Waals surface area contributed by atoms with E-state index < -0.39 is 0 Å². The van der Waals surface area contributed by atoms with E-state index in [1.54, 1.807) is 12.1 Å². The zero-order valence-corrected chi connectivity index (χ0v) is 10.4. The molecule has 0 saturated heterocycles. The van der Waals surface area contributed by atoms with Gasteiger partial charge in [-0.1, -0.05) is 12.0 Å². The predicted octanol–water partition coefficient (Wildman–Crippen LogP) is 0.699. The summed E-state index contributed by atoms with van der Waals surface area (Å²) in [5.74, 6) is 2.56. The summed E-state index contributed by atoms with van der Waals surface area (Å²) in [4.78, 5) is 22.6. The number of fused-ring (bicyclic) bond motifs is 1. The third-order valence-corrected chi connectivity index (χ3v) is 2.73. The molecule has 0 fully saturated rings. The average molecular weight is 258 g/mol. The quantitative estimate of drug-likeness (QED) is 0.781. The van der Waals surface area contributed by atoms with Crippen LogP contribution in [0.4, 0.5) is 5.69 Å². The molecule has 0 aromatic heterocycles. The van der Waals surface area contributed by atoms with Crippen LogP contribution in [0, 0.1) is 12.3 Å². The number of terminal acetylenes is 1. The molecular weight excluding hydrogens is 244 g/mol. The molecule has 0 unspecified atom stereocenters. The van der Waals surface area contributed by atoms with Gasteiger partial charge in [-0.05, 0) is 18.1 Å². The normalized spacial score (nSPS) is 12.9. The number of aryl methyl sites for hydroxylation is 1. The fraction of sp³-hybridized carbons (Fsp3) is 0.286. The number of hydrogen-bond acceptors (Lipinski definition) is 3. The largest absolute Gasteiger partial charge is 0.484 e. The smallest absolute Gasteiger partial charge is 0.258 e. The van der Waals surface area contributed by atoms with Gasteiger partial charge in [-0.15, -0.1) is 6.42 Å². The van der Waals surface area contributed by atoms with E-state index in [-0.39, 0.29) is 25.0 Å². The number of rotatable bonds is 4. The van der Waals surface area contributed by atoms with Gasteiger partial charge in [0.2, 0.25) is 5.91 Å². The molecule has 19 heavy (non-hydrogen) atoms. The number of anilines is 1. The molecule has 2 amide bonds. The second-order valence-corrected chi connectivity index (χ2v) is 4.14. The fourth-order valence-electron chi connectivity index (χ4n) is 1.79. The monoisotopic (exact) mass is 258 g/mol. The highest BCUT2D eigenvalue weighted by atomic mass is 16.5. The maximum absolute atomic E-state index is 11.3. The van der Waals surface area contributed by atoms with Gasteiger partial charge in [0.25, 0.3) is 5.91 Å². The molecule has 0 atom stereocenters. The molecular formula is C14H14N2O3. The van der Waals surface area contributed by atoms with Crippen molar-refractivity contribution in [3.05, 3.63) is 23.8 Å². The van der Waals surface area contributed by atoms with Crippen LogP contribution < -0.4 is 15.4 Å². The van der Waals surface area contributed by atoms with Crippen LogP contribution in [0.25, 0.3) is 0 Å². The molecule has 2 N–H and O–H groups in total. The van der Waals surface area contributed by atoms with E-state index in [0.29, 0.717) is 12.2 Å². The minimum atomic E-state index is -0.278. The number of carbonyl (C=O) groups is 2. The molecule has 1 aromatic carbocycles. The molecule has 5 heteroatoms. The van der Waals surface area contributed by atoms with Crippen molar-refractivity contribution in [1.82, 2.24) is 5.32 Å². The van der Waals surface area contributed by atoms with Crippen LogP contribution in [-0.2, 0) is 16.0 Å². The van der Waals surface area contributed by atoms with Gasteiger partial charge in [0.1, 0.15) is 5.75 Å². The van der Waals surface area contributed by atoms with Crippen molar-refractivity contribution in [2.45, 2.75) is 12.8 Å². The van der Waals surface area contributed by atoms with Crippen LogP contribution >= 0.6 is 0 Å². The van der Waals surface area contributed by atoms with Crippen molar-refractivity contribution in [2.24, 2.45) is 0 Å². The average Bonchev–Trinajstić information content (AvgIpc) is 2.42. The predicted molar refractivity (Wildman–Crippen MR) is 70.7 cm³/mol. The van der Waals surface area contributed by atoms with Crippen LogP contribution in [0.3, 0.4) is 0 Å². The molecule has 5 nitrogen and oxygen atoms in total. The molecule has 1 aliphatic rings. The maximum Gasteiger partial charge on any atom is 0.258 e. The summed E-state index contributed by atoms with van der Waals surface area (Å²) >= 11 is 0. The van der Waals surface area contributed by atoms with Crippen LogP contribution in [0.2, 0.25) is 0 Å². The minimum Gasteiger partial charge on any atom is -0.484 e. The van der Waals surface area contributed by atoms with Gasteiger partial charge in [0.15, 0.2) is 6.61 Å². The van der Waals surface area contributed by atoms with Crippen molar-refractivity contribution >= 4 is 17.5 Å². The molecule has 0 aliphatic carbocycles. The summed E-state index contributed by atoms with van der Waals surface area (Å²) in [5.41, 5.74) is 1.82. The van der Waals surface area contributed by atoms with E-state index in [9.17, 15) is 9.59 Å². The molecule has 1 aliphatic heterocycles. The molecule has 1 heterocycles. The summed E-state index contributed by atoms with van der Waals surface area (Å²) in [5, 5.41) is 5.28. The Bertz CT molecular complexity index is 546. The van der Waals surface area contributed by atoms with Gasteiger partial charge in [0.05, 0.1) is 6.54 Å². The lowest BCUT2D eigenvalue weighted by Gasteiger charge is -2.17. The third-order valence-electron chi connectivity index (χ3n) is 2.73. The van der Waals surface area contributed by atoms with Crippen LogP contribution in [0.5, 0.6) is 5.75 Å². The van der Waals surface area contributed by atoms with Crippen LogP contribution in [0.15, 0.2) is 18.2 Å². The topological polar surface area (TPSA) is 67.4 Å². The summed E-state index contributed by atoms with van der Waals surface area (Å²) in [6, 6.07) is 5.40. The molecule has 2 rings (SSSR count). The van der Waals surface area contributed by atoms with Crippen molar-refractivity contribution in [1.29, 1.82) is 0 Å². The lowest BCUT2D eigenvalue weighted by atomic mass is 10.0. The number of hydrogen-bond donors (Lipinski definition) is 2. The minimum absolute atomic E-state index is 0.00332. The highest BCUT2D eigenvalue weighted by Gasteiger charge is 2.15. The molecule has 98 valence electrons. The second-order valence-electron chi connectivity index (χ2n) is 4.14. The highest BCUT2D eigenvalue weighted by molar-refractivity contribution is 5.94. The Morgan fingerprint density at radius 2 is 2.32 bits per heavy atom. The Hall–Kier alpha value is -2.48. The SMILES string of the molecule is C#CCNC(=O)COc1ccc2c(c1)NC(=O)CC2. The third kappa shape index (κ3) is 3.49. The van der Waals surface area contributed by atoms with Crippen molar-refractivity contribution in [3.63, 3.8) is 0 Å². The van der Waals surface area contributed by atoms with Gasteiger partial charge in [-0.3, -0.25) is 9.59 Å². The Morgan fingerprint density at radius 1 is 1.47 bits per heavy atom. The van der Waals surface area contributed by atoms with Gasteiger partial charge >= 0.3 is 0 Å². The first-order valence-electron chi connectivity index (χ1n) is 5.95. The summed E-state index contributed by atoms with van der Waals surface area (Å²) in [7, 11) is 0. The van der Waals surface area contributed by atoms with E-state index >= 15 is 0 Å². The number of amides is 2. The zero-order chi connectivity index (χ0) is 13.7. The first kappa shape index (κ1) is 13.0. The number of benzene rings is 1. The van der Waals surface area contributed by atoms with Gasteiger partial charge in [-0.2, -0.15) is 0 Å². The lowest BCUT2D eigenvalue weighted by molar-refractivity contribution is -0.122. The van der Waals surface area contributed by atoms with E-state index in [2.05, 4.69) is 16.6 Å². The first-order valence-corrected chi connectivity index (χ1v) is 5.95. The van der Waals surface area contributed by atoms with Crippen LogP contribution in [-0.4, -0.2) is 25.0 Å². The Morgan fingerprint density at radius 3 is 3.11 bits per heavy atom. The van der Waals surface area contributed by atoms with E-state index in [4.69, 9.17) is 11.2 Å². The molecule has 0 radical (unpaired) electrons. The fourth-order valence-corrected chi connectivity index (χ4v) is 1.79. The Kier molecular flexibility index (Phi) is 4.04. The number of ether oxygens (including phenoxy) is 1. The van der Waals surface area contributed by atoms with Gasteiger partial charge in [-0.25, -0.2) is 0 Å². The number of nitrogens with one attached hydrogen (secondary N) is 2. The highest BCUT2D eigenvalue weighted by Crippen LogP contribution is 2.26. The lowest BCUT2D eigenvalue weighted by Crippen LogP contribution is -2.29. The molecule has 0 bridgehead atoms. The maximum atomic E-state index is 11.3. The van der Waals surface area contributed by atoms with Crippen LogP contribution in [0.1, 0.15) is 12.0 Å². The zero-order valence-electron chi connectivity index (χ0n) is 10.4. The summed E-state index contributed by atoms with van der Waals surface area (Å²) in [6.45, 7) is 0.0802.